The van der Waals surface area contributed by atoms with Gasteiger partial charge in [-0.1, -0.05) is 19.1 Å². The fourth-order valence-electron chi connectivity index (χ4n) is 4.12. The number of thioether (sulfide) groups is 1. The molecule has 1 fully saturated rings. The lowest BCUT2D eigenvalue weighted by Crippen LogP contribution is -2.63. The van der Waals surface area contributed by atoms with Gasteiger partial charge in [-0.2, -0.15) is 0 Å². The predicted molar refractivity (Wildman–Crippen MR) is 142 cm³/mol. The first-order chi connectivity index (χ1) is 19.3. The molecule has 1 aliphatic heterocycles. The van der Waals surface area contributed by atoms with E-state index in [1.165, 1.54) is 19.2 Å². The van der Waals surface area contributed by atoms with E-state index in [0.717, 1.165) is 39.5 Å². The van der Waals surface area contributed by atoms with Gasteiger partial charge in [0.05, 0.1) is 7.11 Å². The number of ketones is 1. The highest BCUT2D eigenvalue weighted by molar-refractivity contribution is 8.01. The highest BCUT2D eigenvalue weighted by atomic mass is 32.2. The summed E-state index contributed by atoms with van der Waals surface area (Å²) in [5.41, 5.74) is 0.237. The Morgan fingerprint density at radius 1 is 0.976 bits per heavy atom. The molecule has 0 amide bonds. The normalized spacial score (nSPS) is 22.4. The quantitative estimate of drug-likeness (QED) is 0.184. The maximum atomic E-state index is 13.6. The molecule has 2 unspecified atom stereocenters. The Labute approximate surface area is 241 Å². The van der Waals surface area contributed by atoms with E-state index in [4.69, 9.17) is 33.2 Å². The van der Waals surface area contributed by atoms with Crippen LogP contribution in [-0.4, -0.2) is 91.1 Å². The molecule has 0 aromatic heterocycles. The number of carbonyl (C=O) groups excluding carboxylic acids is 6. The molecule has 14 heteroatoms. The summed E-state index contributed by atoms with van der Waals surface area (Å²) in [5.74, 6) is -3.82. The molecule has 2 rings (SSSR count). The summed E-state index contributed by atoms with van der Waals surface area (Å²) in [7, 11) is 1.44. The van der Waals surface area contributed by atoms with Crippen LogP contribution in [0.4, 0.5) is 0 Å². The molecule has 1 saturated heterocycles. The van der Waals surface area contributed by atoms with Gasteiger partial charge in [-0.3, -0.25) is 24.0 Å². The summed E-state index contributed by atoms with van der Waals surface area (Å²) in [6, 6.07) is 6.27. The van der Waals surface area contributed by atoms with Crippen molar-refractivity contribution in [2.45, 2.75) is 70.4 Å². The molecular formula is C27H34O13S. The lowest BCUT2D eigenvalue weighted by Gasteiger charge is -2.47. The Kier molecular flexibility index (Phi) is 12.6. The van der Waals surface area contributed by atoms with Gasteiger partial charge in [0.15, 0.2) is 24.6 Å². The molecule has 1 heterocycles. The van der Waals surface area contributed by atoms with Crippen LogP contribution in [0.15, 0.2) is 24.3 Å². The third kappa shape index (κ3) is 9.74. The third-order valence-corrected chi connectivity index (χ3v) is 6.84. The number of methoxy groups -OCH3 is 1. The fraction of sp³-hybridized carbons (Fsp3) is 0.556. The van der Waals surface area contributed by atoms with Gasteiger partial charge in [0, 0.05) is 39.7 Å². The van der Waals surface area contributed by atoms with Crippen LogP contribution < -0.4 is 4.74 Å². The Morgan fingerprint density at radius 2 is 1.66 bits per heavy atom. The van der Waals surface area contributed by atoms with Crippen molar-refractivity contribution in [3.05, 3.63) is 29.8 Å². The summed E-state index contributed by atoms with van der Waals surface area (Å²) >= 11 is 0.969. The molecule has 41 heavy (non-hydrogen) atoms. The van der Waals surface area contributed by atoms with E-state index in [0.29, 0.717) is 11.5 Å². The minimum absolute atomic E-state index is 0.237. The zero-order valence-electron chi connectivity index (χ0n) is 23.7. The fourth-order valence-corrected chi connectivity index (χ4v) is 5.22. The van der Waals surface area contributed by atoms with Gasteiger partial charge >= 0.3 is 29.8 Å². The van der Waals surface area contributed by atoms with Crippen LogP contribution in [0.3, 0.4) is 0 Å². The second-order valence-corrected chi connectivity index (χ2v) is 10.4. The Balaban J connectivity index is 2.48. The topological polar surface area (TPSA) is 167 Å². The molecule has 0 aliphatic carbocycles. The van der Waals surface area contributed by atoms with Crippen LogP contribution in [0.25, 0.3) is 0 Å². The standard InChI is InChI=1S/C27H34O13S/c1-7-41-27(26(33)36-13-21(32)19-9-8-10-20(11-19)34-6)12-22(37-16(3)29)24(39-18(5)31)25(40-27)23(38-17(4)30)14-35-15(2)28/h8-11,22-25H,7,12-14H2,1-6H3/t22-,23-,24-,25?,27?/m1/s1. The summed E-state index contributed by atoms with van der Waals surface area (Å²) in [5, 5.41) is 0. The van der Waals surface area contributed by atoms with Crippen molar-refractivity contribution in [1.29, 1.82) is 0 Å². The SMILES string of the molecule is CCSC1(C(=O)OCC(=O)c2cccc(OC)c2)C[C@@H](OC(C)=O)[C@@H](OC(C)=O)C([C@@H](COC(C)=O)OC(C)=O)O1. The van der Waals surface area contributed by atoms with Crippen molar-refractivity contribution in [2.24, 2.45) is 0 Å². The van der Waals surface area contributed by atoms with Crippen LogP contribution in [-0.2, 0) is 52.4 Å². The number of benzene rings is 1. The molecule has 13 nitrogen and oxygen atoms in total. The Bertz CT molecular complexity index is 1140. The molecule has 226 valence electrons. The number of carbonyl (C=O) groups is 6. The van der Waals surface area contributed by atoms with Crippen molar-refractivity contribution >= 4 is 47.4 Å². The maximum absolute atomic E-state index is 13.6. The third-order valence-electron chi connectivity index (χ3n) is 5.66. The van der Waals surface area contributed by atoms with Gasteiger partial charge < -0.3 is 33.2 Å². The smallest absolute Gasteiger partial charge is 0.349 e. The zero-order chi connectivity index (χ0) is 30.7. The summed E-state index contributed by atoms with van der Waals surface area (Å²) < 4.78 is 37.9. The number of rotatable bonds is 13. The first-order valence-electron chi connectivity index (χ1n) is 12.6. The van der Waals surface area contributed by atoms with E-state index in [9.17, 15) is 28.8 Å². The highest BCUT2D eigenvalue weighted by Crippen LogP contribution is 2.43. The molecule has 0 bridgehead atoms. The molecule has 1 aromatic rings. The van der Waals surface area contributed by atoms with Gasteiger partial charge in [0.25, 0.3) is 0 Å². The number of esters is 5. The average Bonchev–Trinajstić information content (AvgIpc) is 2.90. The largest absolute Gasteiger partial charge is 0.497 e. The summed E-state index contributed by atoms with van der Waals surface area (Å²) in [4.78, 5) is 72.0. The molecule has 0 N–H and O–H groups in total. The molecular weight excluding hydrogens is 564 g/mol. The number of Topliss-reactive ketones (excluding diaryl/α,β-unsaturated/α-hetero) is 1. The van der Waals surface area contributed by atoms with Gasteiger partial charge in [-0.05, 0) is 17.9 Å². The van der Waals surface area contributed by atoms with Crippen LogP contribution >= 0.6 is 11.8 Å². The highest BCUT2D eigenvalue weighted by Gasteiger charge is 2.58. The van der Waals surface area contributed by atoms with Crippen LogP contribution in [0.5, 0.6) is 5.75 Å². The lowest BCUT2D eigenvalue weighted by molar-refractivity contribution is -0.241. The predicted octanol–water partition coefficient (Wildman–Crippen LogP) is 2.02. The molecule has 0 radical (unpaired) electrons. The number of hydrogen-bond donors (Lipinski definition) is 0. The molecule has 0 spiro atoms. The van der Waals surface area contributed by atoms with E-state index in [1.807, 2.05) is 0 Å². The minimum Gasteiger partial charge on any atom is -0.497 e. The van der Waals surface area contributed by atoms with E-state index in [1.54, 1.807) is 19.1 Å². The molecule has 5 atom stereocenters. The van der Waals surface area contributed by atoms with E-state index in [-0.39, 0.29) is 12.0 Å². The first kappa shape index (κ1) is 33.6. The lowest BCUT2D eigenvalue weighted by atomic mass is 9.93. The molecule has 1 aromatic carbocycles. The maximum Gasteiger partial charge on any atom is 0.349 e. The van der Waals surface area contributed by atoms with Crippen molar-refractivity contribution in [3.63, 3.8) is 0 Å². The van der Waals surface area contributed by atoms with Gasteiger partial charge in [-0.25, -0.2) is 4.79 Å². The molecule has 0 saturated carbocycles. The van der Waals surface area contributed by atoms with Crippen LogP contribution in [0.1, 0.15) is 51.4 Å². The Hall–Kier alpha value is -3.65. The zero-order valence-corrected chi connectivity index (χ0v) is 24.5. The van der Waals surface area contributed by atoms with Crippen molar-refractivity contribution < 1.29 is 61.9 Å². The monoisotopic (exact) mass is 598 g/mol. The second kappa shape index (κ2) is 15.4. The molecule has 1 aliphatic rings. The van der Waals surface area contributed by atoms with E-state index < -0.39 is 78.2 Å². The Morgan fingerprint density at radius 3 is 2.22 bits per heavy atom. The van der Waals surface area contributed by atoms with Crippen molar-refractivity contribution in [2.75, 3.05) is 26.1 Å². The van der Waals surface area contributed by atoms with E-state index in [2.05, 4.69) is 0 Å². The summed E-state index contributed by atoms with van der Waals surface area (Å²) in [6.07, 6.45) is -5.83. The van der Waals surface area contributed by atoms with Crippen LogP contribution in [0, 0.1) is 0 Å². The van der Waals surface area contributed by atoms with Gasteiger partial charge in [0.2, 0.25) is 4.93 Å². The minimum atomic E-state index is -1.90. The number of ether oxygens (including phenoxy) is 7. The number of hydrogen-bond acceptors (Lipinski definition) is 14. The average molecular weight is 599 g/mol. The van der Waals surface area contributed by atoms with Crippen molar-refractivity contribution in [3.8, 4) is 5.75 Å². The summed E-state index contributed by atoms with van der Waals surface area (Å²) in [6.45, 7) is 5.00. The van der Waals surface area contributed by atoms with Gasteiger partial charge in [0.1, 0.15) is 24.6 Å². The second-order valence-electron chi connectivity index (χ2n) is 8.88. The first-order valence-corrected chi connectivity index (χ1v) is 13.6. The van der Waals surface area contributed by atoms with Crippen molar-refractivity contribution in [1.82, 2.24) is 0 Å². The van der Waals surface area contributed by atoms with Crippen LogP contribution in [0.2, 0.25) is 0 Å². The van der Waals surface area contributed by atoms with Gasteiger partial charge in [-0.15, -0.1) is 11.8 Å². The van der Waals surface area contributed by atoms with E-state index >= 15 is 0 Å².